The number of hydrogen-bond acceptors (Lipinski definition) is 5. The number of rotatable bonds is 5. The molecule has 6 nitrogen and oxygen atoms in total. The molecule has 204 valence electrons. The molecule has 1 aromatic rings. The van der Waals surface area contributed by atoms with Crippen LogP contribution < -0.4 is 4.90 Å². The fraction of sp³-hybridized carbons (Fsp3) is 0.560. The zero-order chi connectivity index (χ0) is 26.6. The molecule has 4 rings (SSSR count). The fourth-order valence-corrected chi connectivity index (χ4v) is 4.66. The molecule has 2 saturated heterocycles. The second kappa shape index (κ2) is 11.3. The van der Waals surface area contributed by atoms with E-state index in [4.69, 9.17) is 4.74 Å². The SMILES string of the molecule is O=C(OC(C(F)(F)F)C(F)(F)F)N1CCN(Cc2ccc(C3=CC=CCC3)cc2N2CCOCC2)CC1. The third-order valence-corrected chi connectivity index (χ3v) is 6.66. The van der Waals surface area contributed by atoms with E-state index in [0.29, 0.717) is 19.8 Å². The number of alkyl halides is 6. The molecule has 0 radical (unpaired) electrons. The van der Waals surface area contributed by atoms with Crippen LogP contribution in [0.5, 0.6) is 0 Å². The van der Waals surface area contributed by atoms with Crippen LogP contribution in [-0.4, -0.2) is 86.8 Å². The van der Waals surface area contributed by atoms with Gasteiger partial charge in [0.25, 0.3) is 6.10 Å². The summed E-state index contributed by atoms with van der Waals surface area (Å²) < 4.78 is 85.8. The predicted octanol–water partition coefficient (Wildman–Crippen LogP) is 5.00. The van der Waals surface area contributed by atoms with Crippen LogP contribution in [-0.2, 0) is 16.0 Å². The topological polar surface area (TPSA) is 45.2 Å². The summed E-state index contributed by atoms with van der Waals surface area (Å²) >= 11 is 0. The summed E-state index contributed by atoms with van der Waals surface area (Å²) in [5.74, 6) is 0. The fourth-order valence-electron chi connectivity index (χ4n) is 4.66. The number of amides is 1. The lowest BCUT2D eigenvalue weighted by Gasteiger charge is -2.36. The first-order valence-electron chi connectivity index (χ1n) is 12.2. The Morgan fingerprint density at radius 1 is 0.973 bits per heavy atom. The van der Waals surface area contributed by atoms with Crippen molar-refractivity contribution in [1.82, 2.24) is 9.80 Å². The highest BCUT2D eigenvalue weighted by Gasteiger charge is 2.60. The number of benzene rings is 1. The number of anilines is 1. The number of allylic oxidation sites excluding steroid dienone is 4. The maximum atomic E-state index is 12.7. The van der Waals surface area contributed by atoms with Crippen LogP contribution in [0.25, 0.3) is 5.57 Å². The zero-order valence-corrected chi connectivity index (χ0v) is 20.2. The molecular formula is C25H29F6N3O3. The summed E-state index contributed by atoms with van der Waals surface area (Å²) in [7, 11) is 0. The van der Waals surface area contributed by atoms with E-state index in [1.165, 1.54) is 5.57 Å². The number of carbonyl (C=O) groups excluding carboxylic acids is 1. The molecule has 12 heteroatoms. The summed E-state index contributed by atoms with van der Waals surface area (Å²) in [6, 6.07) is 6.32. The molecule has 0 unspecified atom stereocenters. The smallest absolute Gasteiger partial charge is 0.426 e. The molecule has 2 aliphatic heterocycles. The standard InChI is InChI=1S/C25H29F6N3O3/c26-24(27,28)22(25(29,30)31)37-23(35)34-10-8-32(9-11-34)17-20-7-6-19(18-4-2-1-3-5-18)16-21(20)33-12-14-36-15-13-33/h1-2,4,6-7,16,22H,3,5,8-15,17H2. The van der Waals surface area contributed by atoms with E-state index < -0.39 is 24.5 Å². The molecule has 1 aromatic carbocycles. The lowest BCUT2D eigenvalue weighted by atomic mass is 9.95. The third kappa shape index (κ3) is 6.98. The Kier molecular flexibility index (Phi) is 8.37. The van der Waals surface area contributed by atoms with Crippen LogP contribution in [0.1, 0.15) is 24.0 Å². The average Bonchev–Trinajstić information content (AvgIpc) is 2.87. The van der Waals surface area contributed by atoms with Crippen LogP contribution in [0.2, 0.25) is 0 Å². The quantitative estimate of drug-likeness (QED) is 0.499. The lowest BCUT2D eigenvalue weighted by molar-refractivity contribution is -0.308. The average molecular weight is 534 g/mol. The van der Waals surface area contributed by atoms with Crippen molar-refractivity contribution >= 4 is 17.4 Å². The van der Waals surface area contributed by atoms with Gasteiger partial charge in [-0.2, -0.15) is 26.3 Å². The minimum absolute atomic E-state index is 0.0363. The maximum absolute atomic E-state index is 12.7. The van der Waals surface area contributed by atoms with Gasteiger partial charge in [-0.25, -0.2) is 4.79 Å². The first kappa shape index (κ1) is 27.3. The highest BCUT2D eigenvalue weighted by molar-refractivity contribution is 5.73. The summed E-state index contributed by atoms with van der Waals surface area (Å²) in [6.07, 6.45) is -8.99. The van der Waals surface area contributed by atoms with Gasteiger partial charge in [0.1, 0.15) is 0 Å². The summed E-state index contributed by atoms with van der Waals surface area (Å²) in [5, 5.41) is 0. The van der Waals surface area contributed by atoms with Gasteiger partial charge >= 0.3 is 18.4 Å². The molecule has 0 saturated carbocycles. The van der Waals surface area contributed by atoms with Crippen molar-refractivity contribution < 1.29 is 40.6 Å². The Bertz CT molecular complexity index is 996. The minimum atomic E-state index is -5.73. The van der Waals surface area contributed by atoms with Gasteiger partial charge in [0.05, 0.1) is 13.2 Å². The van der Waals surface area contributed by atoms with Crippen molar-refractivity contribution in [2.24, 2.45) is 0 Å². The maximum Gasteiger partial charge on any atom is 0.434 e. The summed E-state index contributed by atoms with van der Waals surface area (Å²) in [5.41, 5.74) is 4.54. The van der Waals surface area contributed by atoms with Gasteiger partial charge in [-0.3, -0.25) is 4.90 Å². The number of carbonyl (C=O) groups is 1. The first-order valence-corrected chi connectivity index (χ1v) is 12.2. The zero-order valence-electron chi connectivity index (χ0n) is 20.2. The Morgan fingerprint density at radius 2 is 1.65 bits per heavy atom. The van der Waals surface area contributed by atoms with Crippen molar-refractivity contribution in [3.63, 3.8) is 0 Å². The van der Waals surface area contributed by atoms with Gasteiger partial charge in [0, 0.05) is 51.5 Å². The van der Waals surface area contributed by atoms with Gasteiger partial charge in [-0.15, -0.1) is 0 Å². The van der Waals surface area contributed by atoms with Gasteiger partial charge in [0.2, 0.25) is 0 Å². The largest absolute Gasteiger partial charge is 0.434 e. The second-order valence-electron chi connectivity index (χ2n) is 9.21. The van der Waals surface area contributed by atoms with E-state index in [1.807, 2.05) is 4.90 Å². The van der Waals surface area contributed by atoms with Gasteiger partial charge in [-0.1, -0.05) is 30.4 Å². The van der Waals surface area contributed by atoms with Gasteiger partial charge in [0.15, 0.2) is 0 Å². The Labute approximate surface area is 211 Å². The van der Waals surface area contributed by atoms with Crippen LogP contribution in [0.15, 0.2) is 36.4 Å². The Morgan fingerprint density at radius 3 is 2.24 bits per heavy atom. The van der Waals surface area contributed by atoms with Crippen LogP contribution in [0.3, 0.4) is 0 Å². The number of halogens is 6. The second-order valence-corrected chi connectivity index (χ2v) is 9.21. The molecular weight excluding hydrogens is 504 g/mol. The summed E-state index contributed by atoms with van der Waals surface area (Å²) in [4.78, 5) is 17.2. The van der Waals surface area contributed by atoms with E-state index in [-0.39, 0.29) is 26.2 Å². The normalized spacial score (nSPS) is 19.8. The van der Waals surface area contributed by atoms with Crippen molar-refractivity contribution in [3.8, 4) is 0 Å². The molecule has 0 spiro atoms. The highest BCUT2D eigenvalue weighted by Crippen LogP contribution is 2.36. The van der Waals surface area contributed by atoms with E-state index >= 15 is 0 Å². The van der Waals surface area contributed by atoms with Crippen molar-refractivity contribution in [3.05, 3.63) is 47.6 Å². The predicted molar refractivity (Wildman–Crippen MR) is 125 cm³/mol. The van der Waals surface area contributed by atoms with E-state index in [1.54, 1.807) is 0 Å². The van der Waals surface area contributed by atoms with Crippen molar-refractivity contribution in [2.45, 2.75) is 37.8 Å². The third-order valence-electron chi connectivity index (χ3n) is 6.66. The van der Waals surface area contributed by atoms with Gasteiger partial charge < -0.3 is 19.3 Å². The molecule has 2 fully saturated rings. The number of morpholine rings is 1. The lowest BCUT2D eigenvalue weighted by Crippen LogP contribution is -2.52. The molecule has 2 heterocycles. The minimum Gasteiger partial charge on any atom is -0.426 e. The Balaban J connectivity index is 1.41. The van der Waals surface area contributed by atoms with Crippen LogP contribution in [0, 0.1) is 0 Å². The molecule has 0 atom stereocenters. The highest BCUT2D eigenvalue weighted by atomic mass is 19.4. The molecule has 0 N–H and O–H groups in total. The molecule has 1 aliphatic carbocycles. The van der Waals surface area contributed by atoms with Crippen LogP contribution in [0.4, 0.5) is 36.8 Å². The van der Waals surface area contributed by atoms with E-state index in [9.17, 15) is 31.1 Å². The first-order chi connectivity index (χ1) is 17.5. The Hall–Kier alpha value is -2.73. The number of piperazine rings is 1. The summed E-state index contributed by atoms with van der Waals surface area (Å²) in [6.45, 7) is 3.76. The monoisotopic (exact) mass is 533 g/mol. The number of nitrogens with zero attached hydrogens (tertiary/aromatic N) is 3. The van der Waals surface area contributed by atoms with Crippen molar-refractivity contribution in [2.75, 3.05) is 57.4 Å². The van der Waals surface area contributed by atoms with Gasteiger partial charge in [-0.05, 0) is 35.6 Å². The molecule has 37 heavy (non-hydrogen) atoms. The number of ether oxygens (including phenoxy) is 2. The molecule has 1 amide bonds. The molecule has 0 bridgehead atoms. The molecule has 0 aromatic heterocycles. The van der Waals surface area contributed by atoms with Crippen LogP contribution >= 0.6 is 0 Å². The van der Waals surface area contributed by atoms with E-state index in [0.717, 1.165) is 47.6 Å². The number of hydrogen-bond donors (Lipinski definition) is 0. The van der Waals surface area contributed by atoms with Crippen molar-refractivity contribution in [1.29, 1.82) is 0 Å². The van der Waals surface area contributed by atoms with E-state index in [2.05, 4.69) is 46.1 Å². The molecule has 3 aliphatic rings.